The second kappa shape index (κ2) is 5.17. The minimum absolute atomic E-state index is 0.684. The molecule has 0 fully saturated rings. The smallest absolute Gasteiger partial charge is 0.139 e. The van der Waals surface area contributed by atoms with Crippen LogP contribution in [0.4, 0.5) is 0 Å². The van der Waals surface area contributed by atoms with Gasteiger partial charge >= 0.3 is 0 Å². The normalized spacial score (nSPS) is 10.9. The van der Waals surface area contributed by atoms with E-state index in [1.807, 2.05) is 13.0 Å². The van der Waals surface area contributed by atoms with Gasteiger partial charge in [0.25, 0.3) is 0 Å². The van der Waals surface area contributed by atoms with E-state index in [4.69, 9.17) is 12.2 Å². The Morgan fingerprint density at radius 3 is 2.65 bits per heavy atom. The molecule has 0 radical (unpaired) electrons. The molecule has 3 rings (SSSR count). The molecule has 0 amide bonds. The van der Waals surface area contributed by atoms with E-state index in [2.05, 4.69) is 53.3 Å². The molecule has 0 saturated heterocycles. The number of nitrogens with one attached hydrogen (secondary N) is 1. The third kappa shape index (κ3) is 2.14. The molecule has 1 heterocycles. The molecule has 20 heavy (non-hydrogen) atoms. The topological polar surface area (TPSA) is 28.7 Å². The SMILES string of the molecule is CCc1[nH]c(-c2cccc3ccccc23)nc(=S)c1C. The van der Waals surface area contributed by atoms with Gasteiger partial charge in [0.2, 0.25) is 0 Å². The van der Waals surface area contributed by atoms with Gasteiger partial charge in [0, 0.05) is 16.8 Å². The lowest BCUT2D eigenvalue weighted by molar-refractivity contribution is 0.970. The molecule has 2 aromatic carbocycles. The van der Waals surface area contributed by atoms with Gasteiger partial charge in [-0.15, -0.1) is 0 Å². The fourth-order valence-electron chi connectivity index (χ4n) is 2.49. The van der Waals surface area contributed by atoms with Gasteiger partial charge in [0.05, 0.1) is 0 Å². The highest BCUT2D eigenvalue weighted by Crippen LogP contribution is 2.26. The summed E-state index contributed by atoms with van der Waals surface area (Å²) in [4.78, 5) is 7.99. The molecule has 0 aliphatic heterocycles. The Kier molecular flexibility index (Phi) is 3.36. The van der Waals surface area contributed by atoms with Crippen molar-refractivity contribution >= 4 is 23.0 Å². The molecule has 3 aromatic rings. The number of H-pyrrole nitrogens is 1. The van der Waals surface area contributed by atoms with Gasteiger partial charge in [-0.3, -0.25) is 0 Å². The fraction of sp³-hybridized carbons (Fsp3) is 0.176. The van der Waals surface area contributed by atoms with Crippen molar-refractivity contribution in [2.45, 2.75) is 20.3 Å². The number of aromatic amines is 1. The lowest BCUT2D eigenvalue weighted by atomic mass is 10.0. The first kappa shape index (κ1) is 13.0. The highest BCUT2D eigenvalue weighted by molar-refractivity contribution is 7.71. The Balaban J connectivity index is 2.31. The lowest BCUT2D eigenvalue weighted by Crippen LogP contribution is -1.99. The molecule has 0 aliphatic carbocycles. The summed E-state index contributed by atoms with van der Waals surface area (Å²) in [6.45, 7) is 4.15. The van der Waals surface area contributed by atoms with Crippen LogP contribution in [0.2, 0.25) is 0 Å². The summed E-state index contributed by atoms with van der Waals surface area (Å²) in [7, 11) is 0. The average Bonchev–Trinajstić information content (AvgIpc) is 2.49. The molecular formula is C17H16N2S. The Bertz CT molecular complexity index is 829. The van der Waals surface area contributed by atoms with Crippen LogP contribution in [0, 0.1) is 11.6 Å². The highest BCUT2D eigenvalue weighted by Gasteiger charge is 2.08. The van der Waals surface area contributed by atoms with Gasteiger partial charge in [-0.25, -0.2) is 4.98 Å². The van der Waals surface area contributed by atoms with E-state index in [-0.39, 0.29) is 0 Å². The van der Waals surface area contributed by atoms with E-state index in [9.17, 15) is 0 Å². The van der Waals surface area contributed by atoms with Gasteiger partial charge in [-0.1, -0.05) is 61.6 Å². The molecule has 0 aliphatic rings. The highest BCUT2D eigenvalue weighted by atomic mass is 32.1. The molecule has 3 heteroatoms. The van der Waals surface area contributed by atoms with Crippen LogP contribution in [0.5, 0.6) is 0 Å². The van der Waals surface area contributed by atoms with Crippen LogP contribution in [0.15, 0.2) is 42.5 Å². The number of benzene rings is 2. The van der Waals surface area contributed by atoms with Gasteiger partial charge in [0.15, 0.2) is 0 Å². The van der Waals surface area contributed by atoms with E-state index in [1.54, 1.807) is 0 Å². The van der Waals surface area contributed by atoms with Crippen LogP contribution in [-0.2, 0) is 6.42 Å². The molecule has 0 bridgehead atoms. The van der Waals surface area contributed by atoms with Crippen LogP contribution in [0.25, 0.3) is 22.2 Å². The molecule has 2 nitrogen and oxygen atoms in total. The number of fused-ring (bicyclic) bond motifs is 1. The average molecular weight is 280 g/mol. The van der Waals surface area contributed by atoms with Gasteiger partial charge < -0.3 is 4.98 Å². The first-order valence-electron chi connectivity index (χ1n) is 6.78. The second-order valence-electron chi connectivity index (χ2n) is 4.87. The minimum atomic E-state index is 0.684. The van der Waals surface area contributed by atoms with E-state index in [0.29, 0.717) is 4.64 Å². The monoisotopic (exact) mass is 280 g/mol. The maximum absolute atomic E-state index is 5.39. The molecule has 1 aromatic heterocycles. The number of nitrogens with zero attached hydrogens (tertiary/aromatic N) is 1. The maximum Gasteiger partial charge on any atom is 0.139 e. The van der Waals surface area contributed by atoms with E-state index in [1.165, 1.54) is 10.8 Å². The molecule has 1 N–H and O–H groups in total. The van der Waals surface area contributed by atoms with Crippen molar-refractivity contribution in [1.29, 1.82) is 0 Å². The number of aryl methyl sites for hydroxylation is 1. The van der Waals surface area contributed by atoms with E-state index in [0.717, 1.165) is 29.1 Å². The summed E-state index contributed by atoms with van der Waals surface area (Å²) >= 11 is 5.39. The third-order valence-corrected chi connectivity index (χ3v) is 4.05. The molecule has 0 saturated carbocycles. The number of rotatable bonds is 2. The third-order valence-electron chi connectivity index (χ3n) is 3.65. The number of aromatic nitrogens is 2. The van der Waals surface area contributed by atoms with Crippen molar-refractivity contribution in [2.75, 3.05) is 0 Å². The standard InChI is InChI=1S/C17H16N2S/c1-3-15-11(2)17(20)19-16(18-15)14-10-6-8-12-7-4-5-9-13(12)14/h4-10H,3H2,1-2H3,(H,18,19,20). The van der Waals surface area contributed by atoms with Crippen molar-refractivity contribution in [3.63, 3.8) is 0 Å². The van der Waals surface area contributed by atoms with Crippen LogP contribution >= 0.6 is 12.2 Å². The molecule has 100 valence electrons. The Morgan fingerprint density at radius 2 is 1.85 bits per heavy atom. The summed E-state index contributed by atoms with van der Waals surface area (Å²) in [5.74, 6) is 0.856. The van der Waals surface area contributed by atoms with Crippen LogP contribution in [0.3, 0.4) is 0 Å². The summed E-state index contributed by atoms with van der Waals surface area (Å²) in [6.07, 6.45) is 0.926. The van der Waals surface area contributed by atoms with Crippen molar-refractivity contribution in [3.8, 4) is 11.4 Å². The Labute approximate surface area is 123 Å². The summed E-state index contributed by atoms with van der Waals surface area (Å²) in [5.41, 5.74) is 3.34. The molecule has 0 atom stereocenters. The Hall–Kier alpha value is -2.00. The number of hydrogen-bond acceptors (Lipinski definition) is 2. The summed E-state index contributed by atoms with van der Waals surface area (Å²) in [6, 6.07) is 14.6. The zero-order valence-electron chi connectivity index (χ0n) is 11.6. The predicted octanol–water partition coefficient (Wildman–Crippen LogP) is 4.83. The van der Waals surface area contributed by atoms with Crippen molar-refractivity contribution < 1.29 is 0 Å². The summed E-state index contributed by atoms with van der Waals surface area (Å²) < 4.78 is 0.684. The van der Waals surface area contributed by atoms with Crippen LogP contribution in [-0.4, -0.2) is 9.97 Å². The minimum Gasteiger partial charge on any atom is -0.343 e. The Morgan fingerprint density at radius 1 is 1.10 bits per heavy atom. The fourth-order valence-corrected chi connectivity index (χ4v) is 2.71. The predicted molar refractivity (Wildman–Crippen MR) is 86.5 cm³/mol. The lowest BCUT2D eigenvalue weighted by Gasteiger charge is -2.10. The van der Waals surface area contributed by atoms with Crippen molar-refractivity contribution in [3.05, 3.63) is 58.4 Å². The van der Waals surface area contributed by atoms with Gasteiger partial charge in [-0.05, 0) is 24.1 Å². The molecule has 0 unspecified atom stereocenters. The van der Waals surface area contributed by atoms with Crippen LogP contribution < -0.4 is 0 Å². The first-order valence-corrected chi connectivity index (χ1v) is 7.19. The first-order chi connectivity index (χ1) is 9.70. The molecular weight excluding hydrogens is 264 g/mol. The number of hydrogen-bond donors (Lipinski definition) is 1. The van der Waals surface area contributed by atoms with Gasteiger partial charge in [0.1, 0.15) is 10.5 Å². The summed E-state index contributed by atoms with van der Waals surface area (Å²) in [5, 5.41) is 2.41. The van der Waals surface area contributed by atoms with E-state index >= 15 is 0 Å². The zero-order valence-corrected chi connectivity index (χ0v) is 12.4. The quantitative estimate of drug-likeness (QED) is 0.681. The largest absolute Gasteiger partial charge is 0.343 e. The zero-order chi connectivity index (χ0) is 14.1. The van der Waals surface area contributed by atoms with E-state index < -0.39 is 0 Å². The van der Waals surface area contributed by atoms with Crippen LogP contribution in [0.1, 0.15) is 18.2 Å². The van der Waals surface area contributed by atoms with Gasteiger partial charge in [-0.2, -0.15) is 0 Å². The maximum atomic E-state index is 5.39. The van der Waals surface area contributed by atoms with Crippen molar-refractivity contribution in [1.82, 2.24) is 9.97 Å². The molecule has 0 spiro atoms. The van der Waals surface area contributed by atoms with Crippen molar-refractivity contribution in [2.24, 2.45) is 0 Å². The second-order valence-corrected chi connectivity index (χ2v) is 5.26.